The fourth-order valence-electron chi connectivity index (χ4n) is 2.76. The van der Waals surface area contributed by atoms with Gasteiger partial charge in [0.25, 0.3) is 0 Å². The van der Waals surface area contributed by atoms with Crippen LogP contribution in [0.25, 0.3) is 0 Å². The van der Waals surface area contributed by atoms with Gasteiger partial charge in [-0.25, -0.2) is 10.6 Å². The molecular formula is C18H18F3N3O2. The molecule has 138 valence electrons. The summed E-state index contributed by atoms with van der Waals surface area (Å²) < 4.78 is 45.2. The van der Waals surface area contributed by atoms with Gasteiger partial charge in [-0.05, 0) is 36.5 Å². The maximum absolute atomic E-state index is 13.2. The molecule has 0 unspecified atom stereocenters. The minimum absolute atomic E-state index is 0.0276. The predicted molar refractivity (Wildman–Crippen MR) is 90.5 cm³/mol. The average molecular weight is 365 g/mol. The first-order valence-corrected chi connectivity index (χ1v) is 8.08. The number of nitrogens with one attached hydrogen (secondary N) is 2. The smallest absolute Gasteiger partial charge is 0.416 e. The van der Waals surface area contributed by atoms with Crippen LogP contribution in [0.4, 0.5) is 23.7 Å². The summed E-state index contributed by atoms with van der Waals surface area (Å²) >= 11 is 0. The van der Waals surface area contributed by atoms with E-state index in [2.05, 4.69) is 5.32 Å². The van der Waals surface area contributed by atoms with Crippen LogP contribution in [0.1, 0.15) is 35.4 Å². The van der Waals surface area contributed by atoms with Gasteiger partial charge in [0.05, 0.1) is 11.3 Å². The molecule has 0 saturated heterocycles. The molecule has 0 aromatic heterocycles. The predicted octanol–water partition coefficient (Wildman–Crippen LogP) is 4.16. The molecule has 0 spiro atoms. The summed E-state index contributed by atoms with van der Waals surface area (Å²) in [6.45, 7) is -0.266. The standard InChI is InChI=1S/C18H18F3N3O2/c19-18(20,21)14-6-2-1-4-12(14)10-26-16-13(11-8-9-11)5-3-7-15(16)23-17(25)24-22/h1-7,11H,8-10,22H2,(H2,23,24,25). The summed E-state index contributed by atoms with van der Waals surface area (Å²) in [5.41, 5.74) is 2.47. The molecule has 3 rings (SSSR count). The molecule has 0 aliphatic heterocycles. The highest BCUT2D eigenvalue weighted by atomic mass is 19.4. The number of amides is 2. The molecule has 1 aliphatic carbocycles. The number of hydrazine groups is 1. The zero-order valence-electron chi connectivity index (χ0n) is 13.8. The van der Waals surface area contributed by atoms with Crippen LogP contribution in [0.2, 0.25) is 0 Å². The highest BCUT2D eigenvalue weighted by Gasteiger charge is 2.33. The molecule has 1 saturated carbocycles. The lowest BCUT2D eigenvalue weighted by atomic mass is 10.1. The van der Waals surface area contributed by atoms with E-state index in [0.29, 0.717) is 11.4 Å². The quantitative estimate of drug-likeness (QED) is 0.423. The number of urea groups is 1. The molecule has 0 heterocycles. The van der Waals surface area contributed by atoms with Crippen molar-refractivity contribution in [2.45, 2.75) is 31.5 Å². The van der Waals surface area contributed by atoms with Crippen LogP contribution in [-0.4, -0.2) is 6.03 Å². The van der Waals surface area contributed by atoms with Gasteiger partial charge < -0.3 is 10.1 Å². The number of nitrogens with two attached hydrogens (primary N) is 1. The molecular weight excluding hydrogens is 347 g/mol. The number of carbonyl (C=O) groups is 1. The van der Waals surface area contributed by atoms with Crippen molar-refractivity contribution in [3.8, 4) is 5.75 Å². The fraction of sp³-hybridized carbons (Fsp3) is 0.278. The van der Waals surface area contributed by atoms with E-state index in [0.717, 1.165) is 24.5 Å². The molecule has 1 aliphatic rings. The Kier molecular flexibility index (Phi) is 5.03. The maximum Gasteiger partial charge on any atom is 0.416 e. The molecule has 1 fully saturated rings. The number of para-hydroxylation sites is 1. The molecule has 2 aromatic rings. The van der Waals surface area contributed by atoms with Crippen LogP contribution >= 0.6 is 0 Å². The number of halogens is 3. The van der Waals surface area contributed by atoms with Crippen molar-refractivity contribution in [3.63, 3.8) is 0 Å². The summed E-state index contributed by atoms with van der Waals surface area (Å²) in [6.07, 6.45) is -2.51. The number of carbonyl (C=O) groups excluding carboxylic acids is 1. The van der Waals surface area contributed by atoms with Crippen LogP contribution in [0.5, 0.6) is 5.75 Å². The van der Waals surface area contributed by atoms with Gasteiger partial charge in [-0.15, -0.1) is 0 Å². The van der Waals surface area contributed by atoms with Crippen molar-refractivity contribution >= 4 is 11.7 Å². The lowest BCUT2D eigenvalue weighted by Crippen LogP contribution is -2.34. The third kappa shape index (κ3) is 4.08. The van der Waals surface area contributed by atoms with Crippen LogP contribution in [0.15, 0.2) is 42.5 Å². The molecule has 2 amide bonds. The Balaban J connectivity index is 1.89. The normalized spacial score (nSPS) is 14.0. The van der Waals surface area contributed by atoms with E-state index in [1.54, 1.807) is 12.1 Å². The van der Waals surface area contributed by atoms with E-state index in [9.17, 15) is 18.0 Å². The second-order valence-electron chi connectivity index (χ2n) is 6.04. The highest BCUT2D eigenvalue weighted by molar-refractivity contribution is 5.90. The summed E-state index contributed by atoms with van der Waals surface area (Å²) in [5, 5.41) is 2.54. The Morgan fingerprint density at radius 3 is 2.54 bits per heavy atom. The molecule has 8 heteroatoms. The molecule has 26 heavy (non-hydrogen) atoms. The van der Waals surface area contributed by atoms with Crippen LogP contribution in [-0.2, 0) is 12.8 Å². The molecule has 2 aromatic carbocycles. The van der Waals surface area contributed by atoms with Gasteiger partial charge in [-0.1, -0.05) is 30.3 Å². The van der Waals surface area contributed by atoms with E-state index < -0.39 is 17.8 Å². The van der Waals surface area contributed by atoms with Crippen molar-refractivity contribution in [2.75, 3.05) is 5.32 Å². The lowest BCUT2D eigenvalue weighted by Gasteiger charge is -2.18. The molecule has 5 nitrogen and oxygen atoms in total. The Hall–Kier alpha value is -2.74. The summed E-state index contributed by atoms with van der Waals surface area (Å²) in [6, 6.07) is 9.86. The highest BCUT2D eigenvalue weighted by Crippen LogP contribution is 2.47. The third-order valence-electron chi connectivity index (χ3n) is 4.14. The van der Waals surface area contributed by atoms with Gasteiger partial charge in [-0.3, -0.25) is 5.43 Å². The first kappa shape index (κ1) is 18.1. The monoisotopic (exact) mass is 365 g/mol. The van der Waals surface area contributed by atoms with E-state index in [1.165, 1.54) is 18.2 Å². The summed E-state index contributed by atoms with van der Waals surface area (Å²) in [7, 11) is 0. The molecule has 0 atom stereocenters. The van der Waals surface area contributed by atoms with Gasteiger partial charge in [0, 0.05) is 5.56 Å². The van der Waals surface area contributed by atoms with Gasteiger partial charge >= 0.3 is 12.2 Å². The van der Waals surface area contributed by atoms with Crippen LogP contribution < -0.4 is 21.3 Å². The topological polar surface area (TPSA) is 76.4 Å². The first-order chi connectivity index (χ1) is 12.4. The van der Waals surface area contributed by atoms with Gasteiger partial charge in [-0.2, -0.15) is 13.2 Å². The Bertz CT molecular complexity index is 805. The zero-order valence-corrected chi connectivity index (χ0v) is 13.8. The second-order valence-corrected chi connectivity index (χ2v) is 6.04. The molecule has 0 bridgehead atoms. The van der Waals surface area contributed by atoms with Crippen molar-refractivity contribution in [1.82, 2.24) is 5.43 Å². The SMILES string of the molecule is NNC(=O)Nc1cccc(C2CC2)c1OCc1ccccc1C(F)(F)F. The van der Waals surface area contributed by atoms with E-state index in [4.69, 9.17) is 10.6 Å². The van der Waals surface area contributed by atoms with Crippen molar-refractivity contribution < 1.29 is 22.7 Å². The number of ether oxygens (including phenoxy) is 1. The molecule has 4 N–H and O–H groups in total. The minimum atomic E-state index is -4.46. The van der Waals surface area contributed by atoms with E-state index >= 15 is 0 Å². The van der Waals surface area contributed by atoms with Crippen LogP contribution in [0.3, 0.4) is 0 Å². The second kappa shape index (κ2) is 7.25. The zero-order chi connectivity index (χ0) is 18.7. The van der Waals surface area contributed by atoms with E-state index in [-0.39, 0.29) is 18.1 Å². The largest absolute Gasteiger partial charge is 0.486 e. The van der Waals surface area contributed by atoms with Crippen molar-refractivity contribution in [3.05, 3.63) is 59.2 Å². The lowest BCUT2D eigenvalue weighted by molar-refractivity contribution is -0.138. The maximum atomic E-state index is 13.2. The minimum Gasteiger partial charge on any atom is -0.486 e. The van der Waals surface area contributed by atoms with Gasteiger partial charge in [0.15, 0.2) is 0 Å². The van der Waals surface area contributed by atoms with Gasteiger partial charge in [0.2, 0.25) is 0 Å². The van der Waals surface area contributed by atoms with Gasteiger partial charge in [0.1, 0.15) is 12.4 Å². The average Bonchev–Trinajstić information content (AvgIpc) is 3.44. The van der Waals surface area contributed by atoms with Crippen LogP contribution in [0, 0.1) is 0 Å². The summed E-state index contributed by atoms with van der Waals surface area (Å²) in [5.74, 6) is 5.74. The fourth-order valence-corrected chi connectivity index (χ4v) is 2.76. The number of anilines is 1. The first-order valence-electron chi connectivity index (χ1n) is 8.08. The number of alkyl halides is 3. The number of benzene rings is 2. The Labute approximate surface area is 148 Å². The van der Waals surface area contributed by atoms with E-state index in [1.807, 2.05) is 11.5 Å². The number of rotatable bonds is 5. The van der Waals surface area contributed by atoms with Crippen molar-refractivity contribution in [2.24, 2.45) is 5.84 Å². The Morgan fingerprint density at radius 2 is 1.88 bits per heavy atom. The Morgan fingerprint density at radius 1 is 1.15 bits per heavy atom. The third-order valence-corrected chi connectivity index (χ3v) is 4.14. The number of hydrogen-bond donors (Lipinski definition) is 3. The summed E-state index contributed by atoms with van der Waals surface area (Å²) in [4.78, 5) is 11.5. The molecule has 0 radical (unpaired) electrons. The number of hydrogen-bond acceptors (Lipinski definition) is 3. The van der Waals surface area contributed by atoms with Crippen molar-refractivity contribution in [1.29, 1.82) is 0 Å².